The highest BCUT2D eigenvalue weighted by Crippen LogP contribution is 2.31. The van der Waals surface area contributed by atoms with E-state index < -0.39 is 11.4 Å². The van der Waals surface area contributed by atoms with E-state index in [1.807, 2.05) is 0 Å². The molecule has 1 aromatic carbocycles. The molecule has 5 heteroatoms. The highest BCUT2D eigenvalue weighted by molar-refractivity contribution is 5.88. The molecule has 0 aliphatic carbocycles. The molecule has 21 heavy (non-hydrogen) atoms. The van der Waals surface area contributed by atoms with Gasteiger partial charge < -0.3 is 10.0 Å². The average molecular weight is 293 g/mol. The van der Waals surface area contributed by atoms with Gasteiger partial charge in [0.05, 0.1) is 11.8 Å². The second kappa shape index (κ2) is 5.84. The molecule has 0 saturated carbocycles. The molecular weight excluding hydrogens is 273 g/mol. The minimum absolute atomic E-state index is 0.0367. The van der Waals surface area contributed by atoms with Crippen LogP contribution in [0.4, 0.5) is 4.39 Å². The molecular formula is C16H20FNO3. The zero-order chi connectivity index (χ0) is 15.6. The number of amides is 1. The SMILES string of the molecule is CC(C)(C(=O)N1CCCC1CC(=O)O)c1cccc(F)c1. The molecule has 0 aromatic heterocycles. The molecule has 114 valence electrons. The molecule has 1 aliphatic rings. The van der Waals surface area contributed by atoms with Crippen LogP contribution < -0.4 is 0 Å². The lowest BCUT2D eigenvalue weighted by atomic mass is 9.83. The number of carbonyl (C=O) groups is 2. The Morgan fingerprint density at radius 1 is 1.43 bits per heavy atom. The van der Waals surface area contributed by atoms with Gasteiger partial charge in [0.2, 0.25) is 5.91 Å². The van der Waals surface area contributed by atoms with E-state index in [1.54, 1.807) is 30.9 Å². The number of carboxylic acids is 1. The number of carbonyl (C=O) groups excluding carboxylic acids is 1. The Hall–Kier alpha value is -1.91. The number of hydrogen-bond acceptors (Lipinski definition) is 2. The van der Waals surface area contributed by atoms with Gasteiger partial charge in [0, 0.05) is 12.6 Å². The molecule has 0 spiro atoms. The summed E-state index contributed by atoms with van der Waals surface area (Å²) in [6.07, 6.45) is 1.48. The first kappa shape index (κ1) is 15.5. The van der Waals surface area contributed by atoms with Crippen LogP contribution in [0.2, 0.25) is 0 Å². The summed E-state index contributed by atoms with van der Waals surface area (Å²) in [5, 5.41) is 8.94. The first-order valence-electron chi connectivity index (χ1n) is 7.11. The van der Waals surface area contributed by atoms with Crippen LogP contribution >= 0.6 is 0 Å². The van der Waals surface area contributed by atoms with Crippen molar-refractivity contribution in [3.63, 3.8) is 0 Å². The number of rotatable bonds is 4. The number of likely N-dealkylation sites (tertiary alicyclic amines) is 1. The molecule has 1 aliphatic heterocycles. The molecule has 0 bridgehead atoms. The summed E-state index contributed by atoms with van der Waals surface area (Å²) < 4.78 is 13.4. The molecule has 1 atom stereocenters. The van der Waals surface area contributed by atoms with Crippen molar-refractivity contribution in [1.82, 2.24) is 4.90 Å². The van der Waals surface area contributed by atoms with Crippen LogP contribution in [0.5, 0.6) is 0 Å². The minimum atomic E-state index is -0.900. The highest BCUT2D eigenvalue weighted by atomic mass is 19.1. The van der Waals surface area contributed by atoms with E-state index in [1.165, 1.54) is 12.1 Å². The molecule has 1 unspecified atom stereocenters. The van der Waals surface area contributed by atoms with Gasteiger partial charge >= 0.3 is 5.97 Å². The third-order valence-corrected chi connectivity index (χ3v) is 4.13. The van der Waals surface area contributed by atoms with Crippen LogP contribution in [0.15, 0.2) is 24.3 Å². The van der Waals surface area contributed by atoms with Crippen molar-refractivity contribution in [2.75, 3.05) is 6.54 Å². The third kappa shape index (κ3) is 3.23. The smallest absolute Gasteiger partial charge is 0.305 e. The normalized spacial score (nSPS) is 18.8. The summed E-state index contributed by atoms with van der Waals surface area (Å²) in [5.74, 6) is -1.42. The monoisotopic (exact) mass is 293 g/mol. The number of nitrogens with zero attached hydrogens (tertiary/aromatic N) is 1. The van der Waals surface area contributed by atoms with Crippen molar-refractivity contribution in [3.8, 4) is 0 Å². The van der Waals surface area contributed by atoms with Crippen LogP contribution in [0.25, 0.3) is 0 Å². The van der Waals surface area contributed by atoms with Crippen LogP contribution in [-0.2, 0) is 15.0 Å². The topological polar surface area (TPSA) is 57.6 Å². The second-order valence-corrected chi connectivity index (χ2v) is 6.03. The summed E-state index contributed by atoms with van der Waals surface area (Å²) >= 11 is 0. The van der Waals surface area contributed by atoms with Gasteiger partial charge in [-0.25, -0.2) is 4.39 Å². The summed E-state index contributed by atoms with van der Waals surface area (Å²) in [6.45, 7) is 4.07. The van der Waals surface area contributed by atoms with Crippen molar-refractivity contribution < 1.29 is 19.1 Å². The molecule has 1 N–H and O–H groups in total. The fourth-order valence-electron chi connectivity index (χ4n) is 2.88. The molecule has 1 fully saturated rings. The minimum Gasteiger partial charge on any atom is -0.481 e. The number of hydrogen-bond donors (Lipinski definition) is 1. The molecule has 2 rings (SSSR count). The highest BCUT2D eigenvalue weighted by Gasteiger charge is 2.39. The van der Waals surface area contributed by atoms with Crippen LogP contribution in [0.3, 0.4) is 0 Å². The molecule has 4 nitrogen and oxygen atoms in total. The van der Waals surface area contributed by atoms with E-state index in [0.717, 1.165) is 6.42 Å². The average Bonchev–Trinajstić information content (AvgIpc) is 2.85. The van der Waals surface area contributed by atoms with E-state index in [2.05, 4.69) is 0 Å². The number of aliphatic carboxylic acids is 1. The fourth-order valence-corrected chi connectivity index (χ4v) is 2.88. The maximum absolute atomic E-state index is 13.4. The maximum atomic E-state index is 13.4. The Bertz CT molecular complexity index is 556. The van der Waals surface area contributed by atoms with Gasteiger partial charge in [-0.3, -0.25) is 9.59 Å². The van der Waals surface area contributed by atoms with Gasteiger partial charge in [0.1, 0.15) is 5.82 Å². The predicted octanol–water partition coefficient (Wildman–Crippen LogP) is 2.57. The Morgan fingerprint density at radius 2 is 2.14 bits per heavy atom. The number of halogens is 1. The second-order valence-electron chi connectivity index (χ2n) is 6.03. The van der Waals surface area contributed by atoms with Crippen molar-refractivity contribution in [2.45, 2.75) is 44.6 Å². The van der Waals surface area contributed by atoms with Crippen LogP contribution in [0.1, 0.15) is 38.7 Å². The lowest BCUT2D eigenvalue weighted by molar-refractivity contribution is -0.141. The zero-order valence-electron chi connectivity index (χ0n) is 12.3. The van der Waals surface area contributed by atoms with E-state index in [-0.39, 0.29) is 24.2 Å². The summed E-state index contributed by atoms with van der Waals surface area (Å²) in [7, 11) is 0. The Labute approximate surface area is 123 Å². The van der Waals surface area contributed by atoms with Crippen LogP contribution in [0, 0.1) is 5.82 Å². The van der Waals surface area contributed by atoms with Gasteiger partial charge in [0.25, 0.3) is 0 Å². The summed E-state index contributed by atoms with van der Waals surface area (Å²) in [5.41, 5.74) is -0.267. The van der Waals surface area contributed by atoms with Gasteiger partial charge in [-0.1, -0.05) is 12.1 Å². The van der Waals surface area contributed by atoms with Gasteiger partial charge in [-0.05, 0) is 44.4 Å². The van der Waals surface area contributed by atoms with Crippen molar-refractivity contribution in [3.05, 3.63) is 35.6 Å². The first-order chi connectivity index (χ1) is 9.82. The van der Waals surface area contributed by atoms with Gasteiger partial charge in [-0.15, -0.1) is 0 Å². The van der Waals surface area contributed by atoms with Gasteiger partial charge in [0.15, 0.2) is 0 Å². The van der Waals surface area contributed by atoms with E-state index in [0.29, 0.717) is 18.5 Å². The van der Waals surface area contributed by atoms with Crippen molar-refractivity contribution in [2.24, 2.45) is 0 Å². The number of benzene rings is 1. The third-order valence-electron chi connectivity index (χ3n) is 4.13. The lowest BCUT2D eigenvalue weighted by Crippen LogP contribution is -2.46. The number of carboxylic acid groups (broad SMARTS) is 1. The molecule has 1 aromatic rings. The van der Waals surface area contributed by atoms with Crippen molar-refractivity contribution in [1.29, 1.82) is 0 Å². The van der Waals surface area contributed by atoms with Gasteiger partial charge in [-0.2, -0.15) is 0 Å². The molecule has 1 saturated heterocycles. The van der Waals surface area contributed by atoms with E-state index >= 15 is 0 Å². The molecule has 1 heterocycles. The van der Waals surface area contributed by atoms with E-state index in [9.17, 15) is 14.0 Å². The standard InChI is InChI=1S/C16H20FNO3/c1-16(2,11-5-3-6-12(17)9-11)15(21)18-8-4-7-13(18)10-14(19)20/h3,5-6,9,13H,4,7-8,10H2,1-2H3,(H,19,20). The molecule has 0 radical (unpaired) electrons. The Morgan fingerprint density at radius 3 is 2.76 bits per heavy atom. The predicted molar refractivity (Wildman–Crippen MR) is 76.4 cm³/mol. The van der Waals surface area contributed by atoms with E-state index in [4.69, 9.17) is 5.11 Å². The fraction of sp³-hybridized carbons (Fsp3) is 0.500. The van der Waals surface area contributed by atoms with Crippen LogP contribution in [-0.4, -0.2) is 34.5 Å². The quantitative estimate of drug-likeness (QED) is 0.928. The molecule has 1 amide bonds. The largest absolute Gasteiger partial charge is 0.481 e. The lowest BCUT2D eigenvalue weighted by Gasteiger charge is -2.33. The maximum Gasteiger partial charge on any atom is 0.305 e. The zero-order valence-corrected chi connectivity index (χ0v) is 12.3. The summed E-state index contributed by atoms with van der Waals surface area (Å²) in [6, 6.07) is 5.75. The van der Waals surface area contributed by atoms with Crippen molar-refractivity contribution >= 4 is 11.9 Å². The Balaban J connectivity index is 2.23. The summed E-state index contributed by atoms with van der Waals surface area (Å²) in [4.78, 5) is 25.3. The first-order valence-corrected chi connectivity index (χ1v) is 7.11. The Kier molecular flexibility index (Phi) is 4.30.